The van der Waals surface area contributed by atoms with E-state index in [1.807, 2.05) is 0 Å². The van der Waals surface area contributed by atoms with Crippen LogP contribution >= 0.6 is 0 Å². The molecule has 1 unspecified atom stereocenters. The van der Waals surface area contributed by atoms with E-state index in [4.69, 9.17) is 4.74 Å². The van der Waals surface area contributed by atoms with Gasteiger partial charge in [-0.1, -0.05) is 13.8 Å². The number of aliphatic hydroxyl groups excluding tert-OH is 1. The Morgan fingerprint density at radius 3 is 2.71 bits per heavy atom. The fraction of sp³-hybridized carbons (Fsp3) is 0.900. The van der Waals surface area contributed by atoms with Crippen LogP contribution in [0.1, 0.15) is 20.3 Å². The van der Waals surface area contributed by atoms with Crippen LogP contribution in [-0.4, -0.2) is 47.3 Å². The fourth-order valence-electron chi connectivity index (χ4n) is 2.33. The number of amides is 1. The Kier molecular flexibility index (Phi) is 2.27. The summed E-state index contributed by atoms with van der Waals surface area (Å²) in [6, 6.07) is 0.0740. The van der Waals surface area contributed by atoms with Crippen molar-refractivity contribution in [1.29, 1.82) is 0 Å². The second kappa shape index (κ2) is 3.21. The van der Waals surface area contributed by atoms with Crippen molar-refractivity contribution in [3.8, 4) is 0 Å². The molecule has 4 nitrogen and oxygen atoms in total. The van der Waals surface area contributed by atoms with Crippen LogP contribution in [0.5, 0.6) is 0 Å². The normalized spacial score (nSPS) is 42.4. The number of hydrogen-bond donors (Lipinski definition) is 1. The maximum Gasteiger partial charge on any atom is 0.254 e. The number of fused-ring (bicyclic) bond motifs is 1. The predicted octanol–water partition coefficient (Wildman–Crippen LogP) is 0.00140. The Morgan fingerprint density at radius 1 is 1.57 bits per heavy atom. The summed E-state index contributed by atoms with van der Waals surface area (Å²) < 4.78 is 5.69. The molecule has 2 heterocycles. The number of carbonyl (C=O) groups is 1. The van der Waals surface area contributed by atoms with E-state index in [0.29, 0.717) is 5.92 Å². The van der Waals surface area contributed by atoms with Gasteiger partial charge in [-0.25, -0.2) is 0 Å². The standard InChI is InChI=1S/C10H17NO3/c1-5(2)7-4-6-9(14-7)8(12)10(13)11(6)3/h5-9,12H,4H2,1-3H3/t6-,7?,8-,9+/m0/s1. The van der Waals surface area contributed by atoms with Gasteiger partial charge < -0.3 is 14.7 Å². The van der Waals surface area contributed by atoms with Gasteiger partial charge >= 0.3 is 0 Å². The van der Waals surface area contributed by atoms with Crippen LogP contribution in [0.25, 0.3) is 0 Å². The Bertz CT molecular complexity index is 234. The molecule has 0 aromatic rings. The summed E-state index contributed by atoms with van der Waals surface area (Å²) in [4.78, 5) is 13.0. The Labute approximate surface area is 83.8 Å². The van der Waals surface area contributed by atoms with Crippen LogP contribution in [0, 0.1) is 5.92 Å². The zero-order valence-electron chi connectivity index (χ0n) is 8.80. The lowest BCUT2D eigenvalue weighted by Gasteiger charge is -2.19. The second-order valence-corrected chi connectivity index (χ2v) is 4.58. The summed E-state index contributed by atoms with van der Waals surface area (Å²) >= 11 is 0. The van der Waals surface area contributed by atoms with Crippen LogP contribution < -0.4 is 0 Å². The van der Waals surface area contributed by atoms with Gasteiger partial charge in [-0.2, -0.15) is 0 Å². The molecule has 0 aromatic heterocycles. The molecule has 0 radical (unpaired) electrons. The van der Waals surface area contributed by atoms with Crippen LogP contribution in [0.2, 0.25) is 0 Å². The fourth-order valence-corrected chi connectivity index (χ4v) is 2.33. The zero-order valence-corrected chi connectivity index (χ0v) is 8.80. The van der Waals surface area contributed by atoms with Crippen molar-refractivity contribution in [2.45, 2.75) is 44.6 Å². The molecular formula is C10H17NO3. The van der Waals surface area contributed by atoms with Gasteiger partial charge in [-0.3, -0.25) is 4.79 Å². The third kappa shape index (κ3) is 1.25. The number of likely N-dealkylation sites (N-methyl/N-ethyl adjacent to an activating group) is 1. The highest BCUT2D eigenvalue weighted by Crippen LogP contribution is 2.35. The molecule has 2 fully saturated rings. The van der Waals surface area contributed by atoms with Crippen molar-refractivity contribution in [1.82, 2.24) is 4.90 Å². The maximum absolute atomic E-state index is 11.4. The summed E-state index contributed by atoms with van der Waals surface area (Å²) in [5.74, 6) is 0.235. The summed E-state index contributed by atoms with van der Waals surface area (Å²) in [5, 5.41) is 9.62. The average Bonchev–Trinajstić information content (AvgIpc) is 2.64. The number of hydrogen-bond acceptors (Lipinski definition) is 3. The molecule has 2 aliphatic rings. The molecule has 2 rings (SSSR count). The largest absolute Gasteiger partial charge is 0.380 e. The minimum atomic E-state index is -0.950. The van der Waals surface area contributed by atoms with Crippen molar-refractivity contribution in [2.24, 2.45) is 5.92 Å². The Morgan fingerprint density at radius 2 is 2.21 bits per heavy atom. The number of carbonyl (C=O) groups excluding carboxylic acids is 1. The molecule has 2 aliphatic heterocycles. The van der Waals surface area contributed by atoms with Gasteiger partial charge in [-0.05, 0) is 12.3 Å². The Balaban J connectivity index is 2.12. The van der Waals surface area contributed by atoms with Crippen molar-refractivity contribution in [3.05, 3.63) is 0 Å². The monoisotopic (exact) mass is 199 g/mol. The van der Waals surface area contributed by atoms with Crippen molar-refractivity contribution in [2.75, 3.05) is 7.05 Å². The summed E-state index contributed by atoms with van der Waals surface area (Å²) in [6.07, 6.45) is -0.231. The molecule has 0 bridgehead atoms. The average molecular weight is 199 g/mol. The van der Waals surface area contributed by atoms with E-state index in [9.17, 15) is 9.90 Å². The first-order valence-electron chi connectivity index (χ1n) is 5.12. The minimum absolute atomic E-state index is 0.0740. The van der Waals surface area contributed by atoms with Crippen LogP contribution in [0.15, 0.2) is 0 Å². The predicted molar refractivity (Wildman–Crippen MR) is 50.7 cm³/mol. The van der Waals surface area contributed by atoms with E-state index in [1.165, 1.54) is 0 Å². The van der Waals surface area contributed by atoms with E-state index in [0.717, 1.165) is 6.42 Å². The molecule has 0 aliphatic carbocycles. The van der Waals surface area contributed by atoms with Gasteiger partial charge in [0.1, 0.15) is 6.10 Å². The molecule has 1 N–H and O–H groups in total. The van der Waals surface area contributed by atoms with E-state index < -0.39 is 6.10 Å². The topological polar surface area (TPSA) is 49.8 Å². The first-order valence-corrected chi connectivity index (χ1v) is 5.12. The quantitative estimate of drug-likeness (QED) is 0.646. The first-order chi connectivity index (χ1) is 6.52. The van der Waals surface area contributed by atoms with Gasteiger partial charge in [0.25, 0.3) is 5.91 Å². The van der Waals surface area contributed by atoms with Gasteiger partial charge in [0, 0.05) is 7.05 Å². The molecule has 4 heteroatoms. The van der Waals surface area contributed by atoms with E-state index in [1.54, 1.807) is 11.9 Å². The van der Waals surface area contributed by atoms with E-state index >= 15 is 0 Å². The molecule has 80 valence electrons. The molecule has 1 amide bonds. The highest BCUT2D eigenvalue weighted by Gasteiger charge is 2.52. The third-order valence-electron chi connectivity index (χ3n) is 3.34. The smallest absolute Gasteiger partial charge is 0.254 e. The molecule has 0 spiro atoms. The molecular weight excluding hydrogens is 182 g/mol. The number of nitrogens with zero attached hydrogens (tertiary/aromatic N) is 1. The molecule has 0 aromatic carbocycles. The number of rotatable bonds is 1. The van der Waals surface area contributed by atoms with E-state index in [2.05, 4.69) is 13.8 Å². The summed E-state index contributed by atoms with van der Waals surface area (Å²) in [7, 11) is 1.74. The number of aliphatic hydroxyl groups is 1. The van der Waals surface area contributed by atoms with Crippen LogP contribution in [0.4, 0.5) is 0 Å². The second-order valence-electron chi connectivity index (χ2n) is 4.58. The Hall–Kier alpha value is -0.610. The molecule has 2 saturated heterocycles. The van der Waals surface area contributed by atoms with Gasteiger partial charge in [0.2, 0.25) is 0 Å². The van der Waals surface area contributed by atoms with Crippen LogP contribution in [-0.2, 0) is 9.53 Å². The molecule has 4 atom stereocenters. The van der Waals surface area contributed by atoms with Crippen molar-refractivity contribution >= 4 is 5.91 Å². The lowest BCUT2D eigenvalue weighted by molar-refractivity contribution is -0.138. The van der Waals surface area contributed by atoms with E-state index in [-0.39, 0.29) is 24.2 Å². The molecule has 14 heavy (non-hydrogen) atoms. The zero-order chi connectivity index (χ0) is 10.5. The molecule has 0 saturated carbocycles. The maximum atomic E-state index is 11.4. The highest BCUT2D eigenvalue weighted by atomic mass is 16.5. The SMILES string of the molecule is CC(C)C1C[C@H]2[C@@H](O1)[C@H](O)C(=O)N2C. The number of likely N-dealkylation sites (tertiary alicyclic amines) is 1. The first kappa shape index (κ1) is 9.93. The van der Waals surface area contributed by atoms with Gasteiger partial charge in [-0.15, -0.1) is 0 Å². The van der Waals surface area contributed by atoms with Gasteiger partial charge in [0.15, 0.2) is 6.10 Å². The summed E-state index contributed by atoms with van der Waals surface area (Å²) in [6.45, 7) is 4.19. The van der Waals surface area contributed by atoms with Crippen molar-refractivity contribution < 1.29 is 14.6 Å². The number of ether oxygens (including phenoxy) is 1. The van der Waals surface area contributed by atoms with Crippen LogP contribution in [0.3, 0.4) is 0 Å². The highest BCUT2D eigenvalue weighted by molar-refractivity contribution is 5.84. The lowest BCUT2D eigenvalue weighted by Crippen LogP contribution is -2.32. The van der Waals surface area contributed by atoms with Crippen molar-refractivity contribution in [3.63, 3.8) is 0 Å². The van der Waals surface area contributed by atoms with Gasteiger partial charge in [0.05, 0.1) is 12.1 Å². The minimum Gasteiger partial charge on any atom is -0.380 e. The lowest BCUT2D eigenvalue weighted by atomic mass is 10.0. The summed E-state index contributed by atoms with van der Waals surface area (Å²) in [5.41, 5.74) is 0. The third-order valence-corrected chi connectivity index (χ3v) is 3.34.